The Morgan fingerprint density at radius 1 is 1.38 bits per heavy atom. The zero-order valence-corrected chi connectivity index (χ0v) is 20.4. The predicted octanol–water partition coefficient (Wildman–Crippen LogP) is -1.63. The van der Waals surface area contributed by atoms with E-state index >= 15 is 0 Å². The molecule has 3 fully saturated rings. The van der Waals surface area contributed by atoms with Gasteiger partial charge in [-0.05, 0) is 13.3 Å². The van der Waals surface area contributed by atoms with Crippen molar-refractivity contribution < 1.29 is 29.2 Å². The Bertz CT molecular complexity index is 1050. The third-order valence-electron chi connectivity index (χ3n) is 7.67. The quantitative estimate of drug-likeness (QED) is 0.363. The standard InChI is InChI=1S/C23H31N5O5S/c1-12-18-17(13(2)29)22(31)28(18)19(23(32)33)20(12)34-15-8-16(24-9-15)21(30)26-5-4-14(10-26)27-7-6-25(3)11-27/h6-7,11-18,24,29H,4-5,8-10H2,1-3H3/t12?,13?,14?,15?,16?,17?,18-/m1/s1. The van der Waals surface area contributed by atoms with Gasteiger partial charge >= 0.3 is 0 Å². The number of likely N-dealkylation sites (tertiary alicyclic amines) is 1. The number of rotatable bonds is 6. The van der Waals surface area contributed by atoms with Crippen molar-refractivity contribution in [2.75, 3.05) is 19.6 Å². The van der Waals surface area contributed by atoms with Crippen molar-refractivity contribution in [1.82, 2.24) is 19.7 Å². The summed E-state index contributed by atoms with van der Waals surface area (Å²) in [5, 5.41) is 25.3. The lowest BCUT2D eigenvalue weighted by atomic mass is 9.79. The maximum absolute atomic E-state index is 13.2. The number of carboxylic acid groups (broad SMARTS) is 1. The Kier molecular flexibility index (Phi) is 5.97. The summed E-state index contributed by atoms with van der Waals surface area (Å²) in [5.74, 6) is -2.44. The molecule has 4 aliphatic heterocycles. The smallest absolute Gasteiger partial charge is 0.243 e. The van der Waals surface area contributed by atoms with Crippen molar-refractivity contribution in [2.45, 2.75) is 56.2 Å². The van der Waals surface area contributed by atoms with Gasteiger partial charge in [-0.15, -0.1) is 11.8 Å². The van der Waals surface area contributed by atoms with E-state index in [1.165, 1.54) is 16.7 Å². The van der Waals surface area contributed by atoms with Crippen LogP contribution in [0.5, 0.6) is 0 Å². The van der Waals surface area contributed by atoms with E-state index in [1.807, 2.05) is 42.2 Å². The zero-order chi connectivity index (χ0) is 24.3. The number of aliphatic hydroxyl groups excluding tert-OH is 1. The predicted molar refractivity (Wildman–Crippen MR) is 121 cm³/mol. The number of carbonyl (C=O) groups is 3. The van der Waals surface area contributed by atoms with Gasteiger partial charge in [0.25, 0.3) is 0 Å². The molecule has 1 aromatic heterocycles. The van der Waals surface area contributed by atoms with Gasteiger partial charge in [0.1, 0.15) is 18.4 Å². The molecule has 7 atom stereocenters. The molecule has 5 rings (SSSR count). The van der Waals surface area contributed by atoms with Gasteiger partial charge in [-0.2, -0.15) is 0 Å². The fraction of sp³-hybridized carbons (Fsp3) is 0.652. The Morgan fingerprint density at radius 3 is 2.79 bits per heavy atom. The Balaban J connectivity index is 1.23. The lowest BCUT2D eigenvalue weighted by Crippen LogP contribution is -2.64. The van der Waals surface area contributed by atoms with E-state index in [0.29, 0.717) is 24.4 Å². The topological polar surface area (TPSA) is 122 Å². The minimum absolute atomic E-state index is 0.0152. The lowest BCUT2D eigenvalue weighted by molar-refractivity contribution is -0.671. The number of imidazole rings is 1. The third kappa shape index (κ3) is 3.74. The zero-order valence-electron chi connectivity index (χ0n) is 19.6. The van der Waals surface area contributed by atoms with Crippen molar-refractivity contribution in [3.05, 3.63) is 29.3 Å². The van der Waals surface area contributed by atoms with Crippen molar-refractivity contribution >= 4 is 29.5 Å². The van der Waals surface area contributed by atoms with Crippen LogP contribution in [0, 0.1) is 11.8 Å². The number of hydrogen-bond acceptors (Lipinski definition) is 7. The first kappa shape index (κ1) is 23.4. The fourth-order valence-corrected chi connectivity index (χ4v) is 7.40. The van der Waals surface area contributed by atoms with Crippen LogP contribution >= 0.6 is 11.8 Å². The highest BCUT2D eigenvalue weighted by Gasteiger charge is 2.59. The molecule has 0 saturated carbocycles. The highest BCUT2D eigenvalue weighted by atomic mass is 32.2. The van der Waals surface area contributed by atoms with Gasteiger partial charge in [-0.3, -0.25) is 9.59 Å². The van der Waals surface area contributed by atoms with Gasteiger partial charge in [0.05, 0.1) is 49.4 Å². The molecule has 10 nitrogen and oxygen atoms in total. The summed E-state index contributed by atoms with van der Waals surface area (Å²) in [6.45, 7) is 5.44. The number of thioether (sulfide) groups is 1. The van der Waals surface area contributed by atoms with E-state index < -0.39 is 18.0 Å². The number of hydrogen-bond donors (Lipinski definition) is 2. The summed E-state index contributed by atoms with van der Waals surface area (Å²) in [6.07, 6.45) is 6.72. The Morgan fingerprint density at radius 2 is 2.15 bits per heavy atom. The maximum atomic E-state index is 13.2. The third-order valence-corrected chi connectivity index (χ3v) is 9.18. The Hall–Kier alpha value is -2.37. The molecular weight excluding hydrogens is 458 g/mol. The van der Waals surface area contributed by atoms with Crippen LogP contribution in [0.15, 0.2) is 29.3 Å². The normalized spacial score (nSPS) is 33.9. The summed E-state index contributed by atoms with van der Waals surface area (Å²) in [4.78, 5) is 41.4. The minimum Gasteiger partial charge on any atom is -0.543 e. The first-order valence-corrected chi connectivity index (χ1v) is 12.7. The van der Waals surface area contributed by atoms with Gasteiger partial charge in [0, 0.05) is 35.6 Å². The number of aromatic nitrogens is 2. The average Bonchev–Trinajstić information content (AvgIpc) is 3.55. The number of nitrogens with zero attached hydrogens (tertiary/aromatic N) is 4. The Labute approximate surface area is 202 Å². The first-order valence-electron chi connectivity index (χ1n) is 11.9. The number of β-lactam (4-membered cyclic amide) rings is 1. The van der Waals surface area contributed by atoms with Crippen LogP contribution in [0.2, 0.25) is 0 Å². The van der Waals surface area contributed by atoms with Gasteiger partial charge in [0.2, 0.25) is 18.1 Å². The van der Waals surface area contributed by atoms with E-state index in [0.717, 1.165) is 13.0 Å². The summed E-state index contributed by atoms with van der Waals surface area (Å²) in [7, 11) is 1.98. The minimum atomic E-state index is -1.37. The van der Waals surface area contributed by atoms with Gasteiger partial charge in [0.15, 0.2) is 0 Å². The number of carbonyl (C=O) groups excluding carboxylic acids is 3. The molecule has 1 aromatic rings. The molecule has 4 aliphatic rings. The highest BCUT2D eigenvalue weighted by Crippen LogP contribution is 2.51. The van der Waals surface area contributed by atoms with Crippen LogP contribution in [0.1, 0.15) is 32.7 Å². The highest BCUT2D eigenvalue weighted by molar-refractivity contribution is 8.03. The van der Waals surface area contributed by atoms with Gasteiger partial charge in [-0.1, -0.05) is 6.92 Å². The van der Waals surface area contributed by atoms with Crippen LogP contribution in [-0.4, -0.2) is 80.3 Å². The van der Waals surface area contributed by atoms with Crippen LogP contribution < -0.4 is 15.0 Å². The van der Waals surface area contributed by atoms with Crippen LogP contribution in [0.4, 0.5) is 0 Å². The number of amides is 2. The molecular formula is C23H31N5O5S. The summed E-state index contributed by atoms with van der Waals surface area (Å²) < 4.78 is 4.14. The summed E-state index contributed by atoms with van der Waals surface area (Å²) >= 11 is 1.43. The molecule has 0 radical (unpaired) electrons. The van der Waals surface area contributed by atoms with Crippen molar-refractivity contribution in [1.29, 1.82) is 0 Å². The molecule has 0 aromatic carbocycles. The van der Waals surface area contributed by atoms with Crippen LogP contribution in [0.3, 0.4) is 0 Å². The number of fused-ring (bicyclic) bond motifs is 1. The fourth-order valence-electron chi connectivity index (χ4n) is 5.92. The van der Waals surface area contributed by atoms with Crippen molar-refractivity contribution in [2.24, 2.45) is 18.9 Å². The van der Waals surface area contributed by atoms with E-state index in [2.05, 4.69) is 9.88 Å². The SMILES string of the molecule is CC(O)C1C(=O)N2C(C(=O)[O-])=C(SC3CNC(C(=O)N4CCC(n5cc[n+](C)c5)C4)C3)C(C)[C@H]12. The van der Waals surface area contributed by atoms with Crippen molar-refractivity contribution in [3.8, 4) is 0 Å². The molecule has 2 amide bonds. The number of nitrogens with one attached hydrogen (secondary N) is 1. The molecule has 6 unspecified atom stereocenters. The van der Waals surface area contributed by atoms with E-state index in [-0.39, 0.29) is 46.8 Å². The average molecular weight is 490 g/mol. The molecule has 34 heavy (non-hydrogen) atoms. The molecule has 2 N–H and O–H groups in total. The second kappa shape index (κ2) is 8.69. The molecule has 0 bridgehead atoms. The molecule has 184 valence electrons. The monoisotopic (exact) mass is 489 g/mol. The summed E-state index contributed by atoms with van der Waals surface area (Å²) in [6, 6.07) is -0.382. The number of aliphatic hydroxyl groups is 1. The maximum Gasteiger partial charge on any atom is 0.243 e. The van der Waals surface area contributed by atoms with E-state index in [9.17, 15) is 24.6 Å². The number of aliphatic carboxylic acids is 1. The van der Waals surface area contributed by atoms with E-state index in [1.54, 1.807) is 6.92 Å². The second-order valence-corrected chi connectivity index (χ2v) is 11.3. The molecule has 5 heterocycles. The van der Waals surface area contributed by atoms with Crippen LogP contribution in [-0.2, 0) is 21.4 Å². The summed E-state index contributed by atoms with van der Waals surface area (Å²) in [5.41, 5.74) is -0.0681. The number of carboxylic acids is 1. The largest absolute Gasteiger partial charge is 0.543 e. The lowest BCUT2D eigenvalue weighted by Gasteiger charge is -2.47. The molecule has 11 heteroatoms. The van der Waals surface area contributed by atoms with Crippen molar-refractivity contribution in [3.63, 3.8) is 0 Å². The van der Waals surface area contributed by atoms with Crippen LogP contribution in [0.25, 0.3) is 0 Å². The molecule has 3 saturated heterocycles. The van der Waals surface area contributed by atoms with Gasteiger partial charge in [-0.25, -0.2) is 9.13 Å². The molecule has 0 aliphatic carbocycles. The second-order valence-electron chi connectivity index (χ2n) is 9.94. The number of aryl methyl sites for hydroxylation is 1. The molecule has 0 spiro atoms. The van der Waals surface area contributed by atoms with E-state index in [4.69, 9.17) is 0 Å². The first-order chi connectivity index (χ1) is 16.2. The van der Waals surface area contributed by atoms with Gasteiger partial charge < -0.3 is 30.1 Å².